The lowest BCUT2D eigenvalue weighted by Gasteiger charge is -2.12. The average Bonchev–Trinajstić information content (AvgIpc) is 2.91. The minimum Gasteiger partial charge on any atom is -0.398 e. The second kappa shape index (κ2) is 5.46. The van der Waals surface area contributed by atoms with Crippen molar-refractivity contribution in [3.8, 4) is 0 Å². The number of carbonyl (C=O) groups excluding carboxylic acids is 1. The van der Waals surface area contributed by atoms with E-state index in [1.165, 1.54) is 18.2 Å². The molecule has 10 nitrogen and oxygen atoms in total. The molecule has 0 spiro atoms. The third kappa shape index (κ3) is 3.14. The number of anilines is 1. The standard InChI is InChI=1S/C10H13N7O3S/c1-5(10-13-16-17-14-10)15-21(19,20)8-3-2-6(9(12)18)4-7(8)11/h2-5,15H,11H2,1H3,(H2,12,18)(H,13,14,16,17). The maximum atomic E-state index is 12.2. The van der Waals surface area contributed by atoms with E-state index in [2.05, 4.69) is 25.3 Å². The third-order valence-electron chi connectivity index (χ3n) is 2.66. The van der Waals surface area contributed by atoms with Gasteiger partial charge in [0.2, 0.25) is 15.9 Å². The van der Waals surface area contributed by atoms with Gasteiger partial charge in [-0.1, -0.05) is 5.21 Å². The Labute approximate surface area is 120 Å². The molecule has 1 amide bonds. The van der Waals surface area contributed by atoms with Crippen molar-refractivity contribution in [2.24, 2.45) is 5.73 Å². The largest absolute Gasteiger partial charge is 0.398 e. The summed E-state index contributed by atoms with van der Waals surface area (Å²) in [4.78, 5) is 10.9. The van der Waals surface area contributed by atoms with Gasteiger partial charge in [-0.2, -0.15) is 5.21 Å². The number of nitrogens with one attached hydrogen (secondary N) is 2. The Morgan fingerprint density at radius 1 is 1.43 bits per heavy atom. The molecule has 1 aromatic carbocycles. The fourth-order valence-corrected chi connectivity index (χ4v) is 2.96. The molecular weight excluding hydrogens is 298 g/mol. The van der Waals surface area contributed by atoms with Crippen LogP contribution in [-0.4, -0.2) is 34.9 Å². The maximum Gasteiger partial charge on any atom is 0.248 e. The second-order valence-corrected chi connectivity index (χ2v) is 5.91. The number of aromatic amines is 1. The number of H-pyrrole nitrogens is 1. The van der Waals surface area contributed by atoms with E-state index in [1.807, 2.05) is 0 Å². The smallest absolute Gasteiger partial charge is 0.248 e. The van der Waals surface area contributed by atoms with Crippen LogP contribution in [0.1, 0.15) is 29.1 Å². The molecule has 1 aromatic heterocycles. The molecule has 0 saturated carbocycles. The van der Waals surface area contributed by atoms with Crippen LogP contribution in [0.5, 0.6) is 0 Å². The first-order valence-corrected chi connectivity index (χ1v) is 7.24. The molecule has 2 aromatic rings. The van der Waals surface area contributed by atoms with Crippen LogP contribution in [0, 0.1) is 0 Å². The van der Waals surface area contributed by atoms with Gasteiger partial charge in [0.1, 0.15) is 4.90 Å². The van der Waals surface area contributed by atoms with Crippen molar-refractivity contribution in [3.63, 3.8) is 0 Å². The lowest BCUT2D eigenvalue weighted by Crippen LogP contribution is -2.28. The number of carbonyl (C=O) groups is 1. The summed E-state index contributed by atoms with van der Waals surface area (Å²) in [6, 6.07) is 2.99. The van der Waals surface area contributed by atoms with Gasteiger partial charge in [-0.3, -0.25) is 4.79 Å². The minimum absolute atomic E-state index is 0.0842. The first-order chi connectivity index (χ1) is 9.81. The summed E-state index contributed by atoms with van der Waals surface area (Å²) in [5.41, 5.74) is 10.8. The van der Waals surface area contributed by atoms with E-state index in [-0.39, 0.29) is 22.0 Å². The number of hydrogen-bond acceptors (Lipinski definition) is 7. The summed E-state index contributed by atoms with van der Waals surface area (Å²) in [5.74, 6) is -0.510. The van der Waals surface area contributed by atoms with Crippen LogP contribution >= 0.6 is 0 Å². The minimum atomic E-state index is -3.91. The number of rotatable bonds is 5. The van der Waals surface area contributed by atoms with Crippen LogP contribution < -0.4 is 16.2 Å². The van der Waals surface area contributed by atoms with Gasteiger partial charge in [-0.25, -0.2) is 13.1 Å². The monoisotopic (exact) mass is 311 g/mol. The fourth-order valence-electron chi connectivity index (χ4n) is 1.65. The molecule has 112 valence electrons. The van der Waals surface area contributed by atoms with Crippen LogP contribution in [0.15, 0.2) is 23.1 Å². The Morgan fingerprint density at radius 2 is 2.14 bits per heavy atom. The van der Waals surface area contributed by atoms with E-state index < -0.39 is 22.0 Å². The molecule has 0 bridgehead atoms. The van der Waals surface area contributed by atoms with Crippen molar-refractivity contribution in [1.82, 2.24) is 25.3 Å². The highest BCUT2D eigenvalue weighted by Crippen LogP contribution is 2.21. The number of nitrogen functional groups attached to an aromatic ring is 1. The summed E-state index contributed by atoms with van der Waals surface area (Å²) in [5, 5.41) is 12.9. The molecule has 0 saturated heterocycles. The molecule has 0 fully saturated rings. The number of aromatic nitrogens is 4. The number of tetrazole rings is 1. The Morgan fingerprint density at radius 3 is 2.67 bits per heavy atom. The first-order valence-electron chi connectivity index (χ1n) is 5.76. The van der Waals surface area contributed by atoms with E-state index in [1.54, 1.807) is 6.92 Å². The van der Waals surface area contributed by atoms with E-state index in [9.17, 15) is 13.2 Å². The van der Waals surface area contributed by atoms with Crippen LogP contribution in [0.3, 0.4) is 0 Å². The highest BCUT2D eigenvalue weighted by molar-refractivity contribution is 7.89. The number of primary amides is 1. The molecule has 2 rings (SSSR count). The van der Waals surface area contributed by atoms with Crippen LogP contribution in [-0.2, 0) is 10.0 Å². The number of hydrogen-bond donors (Lipinski definition) is 4. The van der Waals surface area contributed by atoms with Gasteiger partial charge in [0, 0.05) is 5.56 Å². The van der Waals surface area contributed by atoms with Crippen LogP contribution in [0.2, 0.25) is 0 Å². The molecule has 0 radical (unpaired) electrons. The first kappa shape index (κ1) is 14.9. The predicted molar refractivity (Wildman–Crippen MR) is 72.3 cm³/mol. The van der Waals surface area contributed by atoms with Gasteiger partial charge >= 0.3 is 0 Å². The fraction of sp³-hybridized carbons (Fsp3) is 0.200. The summed E-state index contributed by atoms with van der Waals surface area (Å²) < 4.78 is 26.8. The van der Waals surface area contributed by atoms with Gasteiger partial charge in [-0.05, 0) is 25.1 Å². The van der Waals surface area contributed by atoms with Crippen molar-refractivity contribution in [1.29, 1.82) is 0 Å². The second-order valence-electron chi connectivity index (χ2n) is 4.23. The summed E-state index contributed by atoms with van der Waals surface area (Å²) in [6.45, 7) is 1.55. The van der Waals surface area contributed by atoms with Crippen molar-refractivity contribution in [3.05, 3.63) is 29.6 Å². The van der Waals surface area contributed by atoms with E-state index in [4.69, 9.17) is 11.5 Å². The average molecular weight is 311 g/mol. The number of nitrogens with two attached hydrogens (primary N) is 2. The van der Waals surface area contributed by atoms with E-state index in [0.717, 1.165) is 0 Å². The molecular formula is C10H13N7O3S. The maximum absolute atomic E-state index is 12.2. The van der Waals surface area contributed by atoms with Crippen molar-refractivity contribution in [2.45, 2.75) is 17.9 Å². The van der Waals surface area contributed by atoms with Crippen LogP contribution in [0.4, 0.5) is 5.69 Å². The number of sulfonamides is 1. The normalized spacial score (nSPS) is 13.0. The molecule has 6 N–H and O–H groups in total. The summed E-state index contributed by atoms with van der Waals surface area (Å²) >= 11 is 0. The topological polar surface area (TPSA) is 170 Å². The van der Waals surface area contributed by atoms with E-state index >= 15 is 0 Å². The third-order valence-corrected chi connectivity index (χ3v) is 4.28. The highest BCUT2D eigenvalue weighted by Gasteiger charge is 2.23. The molecule has 1 atom stereocenters. The SMILES string of the molecule is CC(NS(=O)(=O)c1ccc(C(N)=O)cc1N)c1nn[nH]n1. The predicted octanol–water partition coefficient (Wildman–Crippen LogP) is -1.08. The number of nitrogens with zero attached hydrogens (tertiary/aromatic N) is 3. The molecule has 0 aliphatic rings. The zero-order valence-electron chi connectivity index (χ0n) is 10.9. The van der Waals surface area contributed by atoms with E-state index in [0.29, 0.717) is 0 Å². The lowest BCUT2D eigenvalue weighted by molar-refractivity contribution is 0.1000. The molecule has 1 unspecified atom stereocenters. The van der Waals surface area contributed by atoms with Crippen molar-refractivity contribution < 1.29 is 13.2 Å². The molecule has 0 aliphatic carbocycles. The quantitative estimate of drug-likeness (QED) is 0.509. The van der Waals surface area contributed by atoms with Crippen molar-refractivity contribution >= 4 is 21.6 Å². The Hall–Kier alpha value is -2.53. The molecule has 11 heteroatoms. The molecule has 21 heavy (non-hydrogen) atoms. The number of benzene rings is 1. The van der Waals surface area contributed by atoms with Crippen LogP contribution in [0.25, 0.3) is 0 Å². The molecule has 1 heterocycles. The Balaban J connectivity index is 2.29. The highest BCUT2D eigenvalue weighted by atomic mass is 32.2. The van der Waals surface area contributed by atoms with Gasteiger partial charge in [-0.15, -0.1) is 10.2 Å². The Bertz CT molecular complexity index is 757. The van der Waals surface area contributed by atoms with Crippen molar-refractivity contribution in [2.75, 3.05) is 5.73 Å². The zero-order valence-corrected chi connectivity index (χ0v) is 11.8. The van der Waals surface area contributed by atoms with Gasteiger partial charge < -0.3 is 11.5 Å². The molecule has 0 aliphatic heterocycles. The summed E-state index contributed by atoms with van der Waals surface area (Å²) in [6.07, 6.45) is 0. The lowest BCUT2D eigenvalue weighted by atomic mass is 10.2. The number of amides is 1. The van der Waals surface area contributed by atoms with Gasteiger partial charge in [0.25, 0.3) is 0 Å². The zero-order chi connectivity index (χ0) is 15.6. The summed E-state index contributed by atoms with van der Waals surface area (Å²) in [7, 11) is -3.91. The Kier molecular flexibility index (Phi) is 3.86. The van der Waals surface area contributed by atoms with Gasteiger partial charge in [0.05, 0.1) is 11.7 Å². The van der Waals surface area contributed by atoms with Gasteiger partial charge in [0.15, 0.2) is 5.82 Å².